The number of nitrogens with one attached hydrogen (secondary N) is 1. The van der Waals surface area contributed by atoms with E-state index in [0.29, 0.717) is 0 Å². The summed E-state index contributed by atoms with van der Waals surface area (Å²) < 4.78 is 11.3. The molecule has 0 bridgehead atoms. The SMILES string of the molecule is CCCNc1cncc(N2CCS(=O)CC2)n1. The predicted molar refractivity (Wildman–Crippen MR) is 70.9 cm³/mol. The van der Waals surface area contributed by atoms with E-state index in [1.165, 1.54) is 0 Å². The van der Waals surface area contributed by atoms with Crippen molar-refractivity contribution in [1.82, 2.24) is 9.97 Å². The topological polar surface area (TPSA) is 58.1 Å². The van der Waals surface area contributed by atoms with Gasteiger partial charge >= 0.3 is 0 Å². The molecule has 0 radical (unpaired) electrons. The van der Waals surface area contributed by atoms with Crippen LogP contribution in [0.4, 0.5) is 11.6 Å². The summed E-state index contributed by atoms with van der Waals surface area (Å²) in [7, 11) is -0.650. The molecule has 0 atom stereocenters. The van der Waals surface area contributed by atoms with Crippen LogP contribution in [-0.4, -0.2) is 45.3 Å². The Morgan fingerprint density at radius 2 is 2.18 bits per heavy atom. The second-order valence-electron chi connectivity index (χ2n) is 4.02. The molecule has 0 spiro atoms. The zero-order valence-electron chi connectivity index (χ0n) is 10.1. The Kier molecular flexibility index (Phi) is 4.30. The van der Waals surface area contributed by atoms with E-state index < -0.39 is 10.8 Å². The number of hydrogen-bond donors (Lipinski definition) is 1. The van der Waals surface area contributed by atoms with E-state index in [-0.39, 0.29) is 0 Å². The Labute approximate surface area is 104 Å². The van der Waals surface area contributed by atoms with Crippen molar-refractivity contribution in [3.63, 3.8) is 0 Å². The number of nitrogens with zero attached hydrogens (tertiary/aromatic N) is 3. The second-order valence-corrected chi connectivity index (χ2v) is 5.72. The molecule has 0 aliphatic carbocycles. The van der Waals surface area contributed by atoms with Crippen LogP contribution < -0.4 is 10.2 Å². The molecule has 0 amide bonds. The van der Waals surface area contributed by atoms with E-state index in [9.17, 15) is 4.21 Å². The van der Waals surface area contributed by atoms with Gasteiger partial charge in [0, 0.05) is 41.9 Å². The van der Waals surface area contributed by atoms with Crippen molar-refractivity contribution in [2.75, 3.05) is 41.4 Å². The van der Waals surface area contributed by atoms with Gasteiger partial charge in [-0.25, -0.2) is 4.98 Å². The molecular formula is C11H18N4OS. The minimum Gasteiger partial charge on any atom is -0.369 e. The van der Waals surface area contributed by atoms with E-state index in [2.05, 4.69) is 27.1 Å². The summed E-state index contributed by atoms with van der Waals surface area (Å²) in [6, 6.07) is 0. The lowest BCUT2D eigenvalue weighted by molar-refractivity contribution is 0.672. The molecule has 1 aliphatic rings. The standard InChI is InChI=1S/C11H18N4OS/c1-2-3-13-10-8-12-9-11(14-10)15-4-6-17(16)7-5-15/h8-9H,2-7H2,1H3,(H,13,14). The molecule has 1 aliphatic heterocycles. The maximum atomic E-state index is 11.3. The minimum atomic E-state index is -0.650. The second kappa shape index (κ2) is 5.95. The number of rotatable bonds is 4. The Bertz CT molecular complexity index is 389. The van der Waals surface area contributed by atoms with Crippen LogP contribution in [0.5, 0.6) is 0 Å². The number of aromatic nitrogens is 2. The van der Waals surface area contributed by atoms with Crippen LogP contribution in [0.2, 0.25) is 0 Å². The Morgan fingerprint density at radius 1 is 1.41 bits per heavy atom. The van der Waals surface area contributed by atoms with Gasteiger partial charge in [0.05, 0.1) is 12.4 Å². The van der Waals surface area contributed by atoms with Gasteiger partial charge in [0.25, 0.3) is 0 Å². The summed E-state index contributed by atoms with van der Waals surface area (Å²) in [5.74, 6) is 3.15. The van der Waals surface area contributed by atoms with Gasteiger partial charge in [0.15, 0.2) is 0 Å². The van der Waals surface area contributed by atoms with Gasteiger partial charge in [0.1, 0.15) is 11.6 Å². The van der Waals surface area contributed by atoms with Crippen molar-refractivity contribution >= 4 is 22.4 Å². The van der Waals surface area contributed by atoms with Crippen LogP contribution in [0.1, 0.15) is 13.3 Å². The molecule has 1 N–H and O–H groups in total. The first-order valence-electron chi connectivity index (χ1n) is 5.95. The molecule has 1 aromatic rings. The summed E-state index contributed by atoms with van der Waals surface area (Å²) in [4.78, 5) is 10.8. The van der Waals surface area contributed by atoms with Gasteiger partial charge in [0.2, 0.25) is 0 Å². The average molecular weight is 254 g/mol. The molecule has 94 valence electrons. The maximum absolute atomic E-state index is 11.3. The van der Waals surface area contributed by atoms with Crippen LogP contribution in [-0.2, 0) is 10.8 Å². The third-order valence-electron chi connectivity index (χ3n) is 2.68. The highest BCUT2D eigenvalue weighted by Crippen LogP contribution is 2.14. The lowest BCUT2D eigenvalue weighted by atomic mass is 10.4. The van der Waals surface area contributed by atoms with Gasteiger partial charge < -0.3 is 10.2 Å². The number of anilines is 2. The van der Waals surface area contributed by atoms with Crippen LogP contribution in [0.25, 0.3) is 0 Å². The lowest BCUT2D eigenvalue weighted by Gasteiger charge is -2.27. The van der Waals surface area contributed by atoms with Crippen LogP contribution in [0, 0.1) is 0 Å². The molecule has 1 fully saturated rings. The van der Waals surface area contributed by atoms with Crippen molar-refractivity contribution in [3.8, 4) is 0 Å². The van der Waals surface area contributed by atoms with Crippen molar-refractivity contribution in [2.24, 2.45) is 0 Å². The molecule has 6 heteroatoms. The van der Waals surface area contributed by atoms with Crippen LogP contribution in [0.3, 0.4) is 0 Å². The fourth-order valence-electron chi connectivity index (χ4n) is 1.71. The van der Waals surface area contributed by atoms with Crippen molar-refractivity contribution in [1.29, 1.82) is 0 Å². The third-order valence-corrected chi connectivity index (χ3v) is 3.96. The molecular weight excluding hydrogens is 236 g/mol. The van der Waals surface area contributed by atoms with Gasteiger partial charge in [-0.05, 0) is 6.42 Å². The average Bonchev–Trinajstić information content (AvgIpc) is 2.37. The fourth-order valence-corrected chi connectivity index (χ4v) is 2.77. The van der Waals surface area contributed by atoms with E-state index in [1.807, 2.05) is 0 Å². The highest BCUT2D eigenvalue weighted by atomic mass is 32.2. The van der Waals surface area contributed by atoms with E-state index in [0.717, 1.165) is 49.2 Å². The molecule has 17 heavy (non-hydrogen) atoms. The van der Waals surface area contributed by atoms with Crippen molar-refractivity contribution < 1.29 is 4.21 Å². The van der Waals surface area contributed by atoms with Gasteiger partial charge in [-0.15, -0.1) is 0 Å². The monoisotopic (exact) mass is 254 g/mol. The summed E-state index contributed by atoms with van der Waals surface area (Å²) in [5, 5.41) is 3.22. The van der Waals surface area contributed by atoms with Crippen LogP contribution in [0.15, 0.2) is 12.4 Å². The summed E-state index contributed by atoms with van der Waals surface area (Å²) >= 11 is 0. The summed E-state index contributed by atoms with van der Waals surface area (Å²) in [6.45, 7) is 4.63. The van der Waals surface area contributed by atoms with Gasteiger partial charge in [-0.3, -0.25) is 9.19 Å². The quantitative estimate of drug-likeness (QED) is 0.864. The molecule has 2 heterocycles. The molecule has 2 rings (SSSR count). The number of hydrogen-bond acceptors (Lipinski definition) is 5. The van der Waals surface area contributed by atoms with Crippen LogP contribution >= 0.6 is 0 Å². The highest BCUT2D eigenvalue weighted by molar-refractivity contribution is 7.85. The molecule has 0 saturated carbocycles. The normalized spacial score (nSPS) is 17.1. The first-order chi connectivity index (χ1) is 8.29. The lowest BCUT2D eigenvalue weighted by Crippen LogP contribution is -2.38. The Hall–Kier alpha value is -1.17. The molecule has 1 saturated heterocycles. The third kappa shape index (κ3) is 3.39. The zero-order valence-corrected chi connectivity index (χ0v) is 10.9. The smallest absolute Gasteiger partial charge is 0.149 e. The Balaban J connectivity index is 2.02. The molecule has 0 unspecified atom stereocenters. The van der Waals surface area contributed by atoms with Gasteiger partial charge in [-0.2, -0.15) is 0 Å². The van der Waals surface area contributed by atoms with Crippen molar-refractivity contribution in [2.45, 2.75) is 13.3 Å². The minimum absolute atomic E-state index is 0.650. The molecule has 0 aromatic carbocycles. The maximum Gasteiger partial charge on any atom is 0.149 e. The van der Waals surface area contributed by atoms with E-state index >= 15 is 0 Å². The van der Waals surface area contributed by atoms with Gasteiger partial charge in [-0.1, -0.05) is 6.92 Å². The zero-order chi connectivity index (χ0) is 12.1. The highest BCUT2D eigenvalue weighted by Gasteiger charge is 2.16. The van der Waals surface area contributed by atoms with E-state index in [1.54, 1.807) is 12.4 Å². The molecule has 5 nitrogen and oxygen atoms in total. The fraction of sp³-hybridized carbons (Fsp3) is 0.636. The Morgan fingerprint density at radius 3 is 2.88 bits per heavy atom. The first-order valence-corrected chi connectivity index (χ1v) is 7.44. The first kappa shape index (κ1) is 12.3. The summed E-state index contributed by atoms with van der Waals surface area (Å²) in [6.07, 6.45) is 4.57. The van der Waals surface area contributed by atoms with Crippen molar-refractivity contribution in [3.05, 3.63) is 12.4 Å². The summed E-state index contributed by atoms with van der Waals surface area (Å²) in [5.41, 5.74) is 0. The van der Waals surface area contributed by atoms with E-state index in [4.69, 9.17) is 0 Å². The molecule has 1 aromatic heterocycles. The largest absolute Gasteiger partial charge is 0.369 e. The predicted octanol–water partition coefficient (Wildman–Crippen LogP) is 0.867.